The van der Waals surface area contributed by atoms with Gasteiger partial charge in [0.2, 0.25) is 5.91 Å². The molecule has 1 amide bonds. The predicted molar refractivity (Wildman–Crippen MR) is 74.3 cm³/mol. The molecule has 1 aromatic rings. The molecule has 2 aliphatic rings. The highest BCUT2D eigenvalue weighted by Crippen LogP contribution is 2.22. The Balaban J connectivity index is 1.55. The normalized spacial score (nSPS) is 22.8. The number of amides is 1. The Labute approximate surface area is 114 Å². The van der Waals surface area contributed by atoms with Crippen LogP contribution in [-0.2, 0) is 17.9 Å². The van der Waals surface area contributed by atoms with Crippen LogP contribution in [-0.4, -0.2) is 41.9 Å². The monoisotopic (exact) mass is 259 g/mol. The molecule has 102 valence electrons. The zero-order chi connectivity index (χ0) is 13.2. The molecule has 19 heavy (non-hydrogen) atoms. The SMILES string of the molecule is NC[C@@H]1CCN(C(=O)CN2Cc3ccccc3C2)C1. The van der Waals surface area contributed by atoms with Crippen molar-refractivity contribution in [2.45, 2.75) is 19.5 Å². The molecule has 0 saturated carbocycles. The third kappa shape index (κ3) is 2.65. The molecule has 0 bridgehead atoms. The van der Waals surface area contributed by atoms with Gasteiger partial charge in [0.25, 0.3) is 0 Å². The number of nitrogens with zero attached hydrogens (tertiary/aromatic N) is 2. The van der Waals surface area contributed by atoms with Gasteiger partial charge in [-0.15, -0.1) is 0 Å². The van der Waals surface area contributed by atoms with Crippen LogP contribution >= 0.6 is 0 Å². The molecule has 1 aromatic carbocycles. The van der Waals surface area contributed by atoms with Crippen LogP contribution in [0.4, 0.5) is 0 Å². The van der Waals surface area contributed by atoms with Gasteiger partial charge in [-0.3, -0.25) is 9.69 Å². The number of carbonyl (C=O) groups excluding carboxylic acids is 1. The minimum atomic E-state index is 0.253. The van der Waals surface area contributed by atoms with Gasteiger partial charge in [-0.1, -0.05) is 24.3 Å². The van der Waals surface area contributed by atoms with E-state index in [9.17, 15) is 4.79 Å². The molecular formula is C15H21N3O. The zero-order valence-electron chi connectivity index (χ0n) is 11.2. The Kier molecular flexibility index (Phi) is 3.53. The first-order valence-corrected chi connectivity index (χ1v) is 7.03. The van der Waals surface area contributed by atoms with E-state index in [4.69, 9.17) is 5.73 Å². The van der Waals surface area contributed by atoms with Crippen LogP contribution in [0, 0.1) is 5.92 Å². The fraction of sp³-hybridized carbons (Fsp3) is 0.533. The van der Waals surface area contributed by atoms with E-state index in [0.717, 1.165) is 32.6 Å². The minimum absolute atomic E-state index is 0.253. The quantitative estimate of drug-likeness (QED) is 0.874. The van der Waals surface area contributed by atoms with E-state index in [1.807, 2.05) is 4.90 Å². The van der Waals surface area contributed by atoms with Gasteiger partial charge in [0.05, 0.1) is 6.54 Å². The molecule has 1 atom stereocenters. The summed E-state index contributed by atoms with van der Waals surface area (Å²) in [7, 11) is 0. The molecular weight excluding hydrogens is 238 g/mol. The van der Waals surface area contributed by atoms with Crippen molar-refractivity contribution in [3.05, 3.63) is 35.4 Å². The Morgan fingerprint density at radius 2 is 1.95 bits per heavy atom. The van der Waals surface area contributed by atoms with Gasteiger partial charge in [0.1, 0.15) is 0 Å². The van der Waals surface area contributed by atoms with E-state index in [1.165, 1.54) is 11.1 Å². The Morgan fingerprint density at radius 1 is 1.26 bits per heavy atom. The van der Waals surface area contributed by atoms with Crippen LogP contribution in [0.2, 0.25) is 0 Å². The summed E-state index contributed by atoms with van der Waals surface area (Å²) in [5.41, 5.74) is 8.38. The summed E-state index contributed by atoms with van der Waals surface area (Å²) < 4.78 is 0. The predicted octanol–water partition coefficient (Wildman–Crippen LogP) is 0.809. The first-order valence-electron chi connectivity index (χ1n) is 7.03. The van der Waals surface area contributed by atoms with Crippen molar-refractivity contribution in [2.75, 3.05) is 26.2 Å². The van der Waals surface area contributed by atoms with Crippen molar-refractivity contribution in [1.82, 2.24) is 9.80 Å². The maximum absolute atomic E-state index is 12.3. The second kappa shape index (κ2) is 5.31. The average Bonchev–Trinajstić information content (AvgIpc) is 3.04. The topological polar surface area (TPSA) is 49.6 Å². The van der Waals surface area contributed by atoms with Crippen molar-refractivity contribution in [1.29, 1.82) is 0 Å². The van der Waals surface area contributed by atoms with Gasteiger partial charge < -0.3 is 10.6 Å². The van der Waals surface area contributed by atoms with E-state index in [1.54, 1.807) is 0 Å². The molecule has 0 aliphatic carbocycles. The summed E-state index contributed by atoms with van der Waals surface area (Å²) in [4.78, 5) is 16.5. The van der Waals surface area contributed by atoms with Crippen LogP contribution in [0.5, 0.6) is 0 Å². The van der Waals surface area contributed by atoms with Gasteiger partial charge in [0.15, 0.2) is 0 Å². The molecule has 2 aliphatic heterocycles. The standard InChI is InChI=1S/C15H21N3O/c16-7-12-5-6-18(8-12)15(19)11-17-9-13-3-1-2-4-14(13)10-17/h1-4,12H,5-11,16H2/t12-/m0/s1. The molecule has 0 radical (unpaired) electrons. The summed E-state index contributed by atoms with van der Waals surface area (Å²) in [6.07, 6.45) is 1.06. The minimum Gasteiger partial charge on any atom is -0.341 e. The van der Waals surface area contributed by atoms with Gasteiger partial charge in [-0.05, 0) is 30.0 Å². The molecule has 0 spiro atoms. The van der Waals surface area contributed by atoms with Crippen molar-refractivity contribution in [3.8, 4) is 0 Å². The van der Waals surface area contributed by atoms with Gasteiger partial charge in [0, 0.05) is 26.2 Å². The summed E-state index contributed by atoms with van der Waals surface area (Å²) in [6.45, 7) is 4.74. The van der Waals surface area contributed by atoms with Crippen molar-refractivity contribution in [3.63, 3.8) is 0 Å². The Morgan fingerprint density at radius 3 is 2.53 bits per heavy atom. The lowest BCUT2D eigenvalue weighted by Crippen LogP contribution is -2.37. The lowest BCUT2D eigenvalue weighted by Gasteiger charge is -2.20. The smallest absolute Gasteiger partial charge is 0.236 e. The van der Waals surface area contributed by atoms with Crippen LogP contribution in [0.15, 0.2) is 24.3 Å². The highest BCUT2D eigenvalue weighted by molar-refractivity contribution is 5.78. The number of likely N-dealkylation sites (tertiary alicyclic amines) is 1. The van der Waals surface area contributed by atoms with Gasteiger partial charge in [-0.2, -0.15) is 0 Å². The summed E-state index contributed by atoms with van der Waals surface area (Å²) in [5, 5.41) is 0. The third-order valence-corrected chi connectivity index (χ3v) is 4.24. The fourth-order valence-corrected chi connectivity index (χ4v) is 3.06. The van der Waals surface area contributed by atoms with Crippen LogP contribution < -0.4 is 5.73 Å². The molecule has 0 unspecified atom stereocenters. The molecule has 1 fully saturated rings. The van der Waals surface area contributed by atoms with E-state index >= 15 is 0 Å². The third-order valence-electron chi connectivity index (χ3n) is 4.24. The molecule has 3 rings (SSSR count). The van der Waals surface area contributed by atoms with Crippen molar-refractivity contribution < 1.29 is 4.79 Å². The van der Waals surface area contributed by atoms with Crippen molar-refractivity contribution >= 4 is 5.91 Å². The van der Waals surface area contributed by atoms with Crippen LogP contribution in [0.3, 0.4) is 0 Å². The Hall–Kier alpha value is -1.39. The first-order chi connectivity index (χ1) is 9.26. The summed E-state index contributed by atoms with van der Waals surface area (Å²) in [6, 6.07) is 8.44. The van der Waals surface area contributed by atoms with E-state index in [0.29, 0.717) is 19.0 Å². The van der Waals surface area contributed by atoms with Crippen LogP contribution in [0.1, 0.15) is 17.5 Å². The number of fused-ring (bicyclic) bond motifs is 1. The maximum Gasteiger partial charge on any atom is 0.236 e. The zero-order valence-corrected chi connectivity index (χ0v) is 11.2. The second-order valence-electron chi connectivity index (χ2n) is 5.64. The lowest BCUT2D eigenvalue weighted by atomic mass is 10.1. The second-order valence-corrected chi connectivity index (χ2v) is 5.64. The fourth-order valence-electron chi connectivity index (χ4n) is 3.06. The van der Waals surface area contributed by atoms with E-state index in [-0.39, 0.29) is 5.91 Å². The molecule has 2 N–H and O–H groups in total. The highest BCUT2D eigenvalue weighted by Gasteiger charge is 2.27. The number of hydrogen-bond donors (Lipinski definition) is 1. The number of benzene rings is 1. The van der Waals surface area contributed by atoms with Crippen molar-refractivity contribution in [2.24, 2.45) is 11.7 Å². The number of nitrogens with two attached hydrogens (primary N) is 1. The summed E-state index contributed by atoms with van der Waals surface area (Å²) >= 11 is 0. The molecule has 1 saturated heterocycles. The maximum atomic E-state index is 12.3. The molecule has 0 aromatic heterocycles. The Bertz CT molecular complexity index is 449. The average molecular weight is 259 g/mol. The lowest BCUT2D eigenvalue weighted by molar-refractivity contribution is -0.131. The highest BCUT2D eigenvalue weighted by atomic mass is 16.2. The summed E-state index contributed by atoms with van der Waals surface area (Å²) in [5.74, 6) is 0.753. The first kappa shape index (κ1) is 12.6. The molecule has 4 nitrogen and oxygen atoms in total. The number of carbonyl (C=O) groups is 1. The van der Waals surface area contributed by atoms with Crippen LogP contribution in [0.25, 0.3) is 0 Å². The molecule has 4 heteroatoms. The molecule has 2 heterocycles. The van der Waals surface area contributed by atoms with E-state index in [2.05, 4.69) is 29.2 Å². The van der Waals surface area contributed by atoms with Gasteiger partial charge in [-0.25, -0.2) is 0 Å². The van der Waals surface area contributed by atoms with Gasteiger partial charge >= 0.3 is 0 Å². The largest absolute Gasteiger partial charge is 0.341 e. The number of hydrogen-bond acceptors (Lipinski definition) is 3. The number of rotatable bonds is 3. The van der Waals surface area contributed by atoms with E-state index < -0.39 is 0 Å².